The molecule has 0 saturated carbocycles. The molecule has 2 aliphatic rings. The standard InChI is InChI=1S/C23H27N3O5/c1-2-29-19-6-4-3-5-18(19)23(28)24-14-22(27)26-11-9-25(10-12-26)15-17-7-8-20-21(13-17)31-16-30-20/h3-8,13H,2,9-12,14-16H2,1H3,(H,24,28). The fourth-order valence-electron chi connectivity index (χ4n) is 3.75. The molecule has 8 nitrogen and oxygen atoms in total. The van der Waals surface area contributed by atoms with E-state index in [1.807, 2.05) is 31.2 Å². The van der Waals surface area contributed by atoms with Gasteiger partial charge in [0, 0.05) is 32.7 Å². The quantitative estimate of drug-likeness (QED) is 0.730. The predicted molar refractivity (Wildman–Crippen MR) is 114 cm³/mol. The summed E-state index contributed by atoms with van der Waals surface area (Å²) in [7, 11) is 0. The molecule has 0 atom stereocenters. The first-order chi connectivity index (χ1) is 15.1. The maximum Gasteiger partial charge on any atom is 0.255 e. The van der Waals surface area contributed by atoms with Crippen molar-refractivity contribution in [2.45, 2.75) is 13.5 Å². The SMILES string of the molecule is CCOc1ccccc1C(=O)NCC(=O)N1CCN(Cc2ccc3c(c2)OCO3)CC1. The lowest BCUT2D eigenvalue weighted by Gasteiger charge is -2.34. The highest BCUT2D eigenvalue weighted by atomic mass is 16.7. The van der Waals surface area contributed by atoms with Gasteiger partial charge in [0.15, 0.2) is 11.5 Å². The largest absolute Gasteiger partial charge is 0.493 e. The molecule has 4 rings (SSSR count). The molecule has 2 amide bonds. The Hall–Kier alpha value is -3.26. The molecule has 1 fully saturated rings. The maximum absolute atomic E-state index is 12.6. The summed E-state index contributed by atoms with van der Waals surface area (Å²) in [5.74, 6) is 1.70. The molecular formula is C23H27N3O5. The van der Waals surface area contributed by atoms with Crippen LogP contribution in [0.4, 0.5) is 0 Å². The summed E-state index contributed by atoms with van der Waals surface area (Å²) in [6, 6.07) is 13.0. The highest BCUT2D eigenvalue weighted by Crippen LogP contribution is 2.32. The molecule has 8 heteroatoms. The fourth-order valence-corrected chi connectivity index (χ4v) is 3.75. The summed E-state index contributed by atoms with van der Waals surface area (Å²) in [5, 5.41) is 2.72. The number of amides is 2. The number of benzene rings is 2. The first-order valence-electron chi connectivity index (χ1n) is 10.5. The Morgan fingerprint density at radius 2 is 1.81 bits per heavy atom. The predicted octanol–water partition coefficient (Wildman–Crippen LogP) is 1.89. The van der Waals surface area contributed by atoms with Crippen molar-refractivity contribution in [1.82, 2.24) is 15.1 Å². The number of hydrogen-bond donors (Lipinski definition) is 1. The second kappa shape index (κ2) is 9.70. The lowest BCUT2D eigenvalue weighted by molar-refractivity contribution is -0.131. The van der Waals surface area contributed by atoms with Gasteiger partial charge in [-0.1, -0.05) is 18.2 Å². The van der Waals surface area contributed by atoms with Gasteiger partial charge in [-0.05, 0) is 36.8 Å². The van der Waals surface area contributed by atoms with Crippen LogP contribution in [0.15, 0.2) is 42.5 Å². The van der Waals surface area contributed by atoms with E-state index in [1.165, 1.54) is 0 Å². The van der Waals surface area contributed by atoms with Crippen LogP contribution in [0.1, 0.15) is 22.8 Å². The minimum atomic E-state index is -0.307. The zero-order valence-corrected chi connectivity index (χ0v) is 17.6. The third-order valence-corrected chi connectivity index (χ3v) is 5.40. The summed E-state index contributed by atoms with van der Waals surface area (Å²) < 4.78 is 16.3. The first kappa shape index (κ1) is 21.0. The molecule has 2 heterocycles. The van der Waals surface area contributed by atoms with Crippen molar-refractivity contribution in [1.29, 1.82) is 0 Å². The number of piperazine rings is 1. The molecule has 2 aromatic carbocycles. The zero-order chi connectivity index (χ0) is 21.6. The number of ether oxygens (including phenoxy) is 3. The fraction of sp³-hybridized carbons (Fsp3) is 0.391. The van der Waals surface area contributed by atoms with E-state index in [4.69, 9.17) is 14.2 Å². The minimum absolute atomic E-state index is 0.0263. The second-order valence-electron chi connectivity index (χ2n) is 7.46. The number of nitrogens with zero attached hydrogens (tertiary/aromatic N) is 2. The monoisotopic (exact) mass is 425 g/mol. The highest BCUT2D eigenvalue weighted by Gasteiger charge is 2.23. The Labute approximate surface area is 181 Å². The van der Waals surface area contributed by atoms with Gasteiger partial charge in [-0.3, -0.25) is 14.5 Å². The molecule has 0 aromatic heterocycles. The molecule has 1 N–H and O–H groups in total. The van der Waals surface area contributed by atoms with Gasteiger partial charge in [0.05, 0.1) is 18.7 Å². The zero-order valence-electron chi connectivity index (χ0n) is 17.6. The van der Waals surface area contributed by atoms with E-state index in [0.29, 0.717) is 31.0 Å². The molecule has 1 saturated heterocycles. The lowest BCUT2D eigenvalue weighted by Crippen LogP contribution is -2.50. The van der Waals surface area contributed by atoms with E-state index in [0.717, 1.165) is 36.7 Å². The molecule has 0 spiro atoms. The molecule has 0 radical (unpaired) electrons. The summed E-state index contributed by atoms with van der Waals surface area (Å²) in [5.41, 5.74) is 1.59. The van der Waals surface area contributed by atoms with Gasteiger partial charge in [-0.25, -0.2) is 0 Å². The molecular weight excluding hydrogens is 398 g/mol. The van der Waals surface area contributed by atoms with Gasteiger partial charge in [-0.15, -0.1) is 0 Å². The molecule has 0 unspecified atom stereocenters. The first-order valence-corrected chi connectivity index (χ1v) is 10.5. The molecule has 2 aromatic rings. The third kappa shape index (κ3) is 5.08. The van der Waals surface area contributed by atoms with Crippen molar-refractivity contribution < 1.29 is 23.8 Å². The number of carbonyl (C=O) groups is 2. The Kier molecular flexibility index (Phi) is 6.57. The molecule has 2 aliphatic heterocycles. The van der Waals surface area contributed by atoms with Crippen molar-refractivity contribution in [3.05, 3.63) is 53.6 Å². The van der Waals surface area contributed by atoms with Crippen LogP contribution in [0.3, 0.4) is 0 Å². The van der Waals surface area contributed by atoms with Crippen LogP contribution >= 0.6 is 0 Å². The summed E-state index contributed by atoms with van der Waals surface area (Å²) in [6.07, 6.45) is 0. The Morgan fingerprint density at radius 3 is 2.61 bits per heavy atom. The van der Waals surface area contributed by atoms with Crippen LogP contribution in [0.2, 0.25) is 0 Å². The van der Waals surface area contributed by atoms with Crippen molar-refractivity contribution in [2.24, 2.45) is 0 Å². The van der Waals surface area contributed by atoms with Crippen LogP contribution in [0, 0.1) is 0 Å². The summed E-state index contributed by atoms with van der Waals surface area (Å²) in [4.78, 5) is 29.1. The molecule has 0 bridgehead atoms. The normalized spacial score (nSPS) is 15.6. The van der Waals surface area contributed by atoms with E-state index in [9.17, 15) is 9.59 Å². The maximum atomic E-state index is 12.6. The van der Waals surface area contributed by atoms with Crippen molar-refractivity contribution in [2.75, 3.05) is 46.1 Å². The summed E-state index contributed by atoms with van der Waals surface area (Å²) >= 11 is 0. The highest BCUT2D eigenvalue weighted by molar-refractivity contribution is 5.98. The van der Waals surface area contributed by atoms with Crippen molar-refractivity contribution in [3.63, 3.8) is 0 Å². The second-order valence-corrected chi connectivity index (χ2v) is 7.46. The van der Waals surface area contributed by atoms with E-state index in [1.54, 1.807) is 23.1 Å². The number of fused-ring (bicyclic) bond motifs is 1. The Morgan fingerprint density at radius 1 is 1.03 bits per heavy atom. The molecule has 31 heavy (non-hydrogen) atoms. The van der Waals surface area contributed by atoms with Gasteiger partial charge in [0.25, 0.3) is 5.91 Å². The van der Waals surface area contributed by atoms with Gasteiger partial charge in [-0.2, -0.15) is 0 Å². The summed E-state index contributed by atoms with van der Waals surface area (Å²) in [6.45, 7) is 6.20. The lowest BCUT2D eigenvalue weighted by atomic mass is 10.1. The number of nitrogens with one attached hydrogen (secondary N) is 1. The van der Waals surface area contributed by atoms with Gasteiger partial charge in [0.2, 0.25) is 12.7 Å². The van der Waals surface area contributed by atoms with Crippen molar-refractivity contribution >= 4 is 11.8 Å². The average Bonchev–Trinajstić information content (AvgIpc) is 3.26. The van der Waals surface area contributed by atoms with Crippen molar-refractivity contribution in [3.8, 4) is 17.2 Å². The number of para-hydroxylation sites is 1. The van der Waals surface area contributed by atoms with E-state index >= 15 is 0 Å². The smallest absolute Gasteiger partial charge is 0.255 e. The van der Waals surface area contributed by atoms with Gasteiger partial charge < -0.3 is 24.4 Å². The third-order valence-electron chi connectivity index (χ3n) is 5.40. The van der Waals surface area contributed by atoms with Crippen LogP contribution in [0.5, 0.6) is 17.2 Å². The van der Waals surface area contributed by atoms with Gasteiger partial charge >= 0.3 is 0 Å². The number of carbonyl (C=O) groups excluding carboxylic acids is 2. The van der Waals surface area contributed by atoms with Crippen LogP contribution in [-0.4, -0.2) is 67.7 Å². The molecule has 0 aliphatic carbocycles. The number of hydrogen-bond acceptors (Lipinski definition) is 6. The molecule has 164 valence electrons. The number of rotatable bonds is 7. The Bertz CT molecular complexity index is 941. The van der Waals surface area contributed by atoms with E-state index in [-0.39, 0.29) is 25.2 Å². The van der Waals surface area contributed by atoms with Crippen LogP contribution in [-0.2, 0) is 11.3 Å². The van der Waals surface area contributed by atoms with Crippen LogP contribution < -0.4 is 19.5 Å². The Balaban J connectivity index is 1.23. The topological polar surface area (TPSA) is 80.3 Å². The average molecular weight is 425 g/mol. The van der Waals surface area contributed by atoms with Crippen LogP contribution in [0.25, 0.3) is 0 Å². The van der Waals surface area contributed by atoms with E-state index < -0.39 is 0 Å². The van der Waals surface area contributed by atoms with Gasteiger partial charge in [0.1, 0.15) is 5.75 Å². The van der Waals surface area contributed by atoms with E-state index in [2.05, 4.69) is 10.2 Å². The minimum Gasteiger partial charge on any atom is -0.493 e.